The van der Waals surface area contributed by atoms with Crippen LogP contribution in [-0.4, -0.2) is 19.2 Å². The Kier molecular flexibility index (Phi) is 2.95. The third-order valence-electron chi connectivity index (χ3n) is 0.595. The smallest absolute Gasteiger partial charge is 0.337 e. The molecule has 1 rings (SSSR count). The molecule has 48 valence electrons. The second-order valence-corrected chi connectivity index (χ2v) is 2.50. The average Bonchev–Trinajstić information content (AvgIpc) is 1.87. The maximum atomic E-state index is 10.1. The van der Waals surface area contributed by atoms with Gasteiger partial charge in [-0.1, -0.05) is 7.43 Å². The van der Waals surface area contributed by atoms with Crippen LogP contribution in [0, 0.1) is 0 Å². The van der Waals surface area contributed by atoms with Crippen LogP contribution in [0.25, 0.3) is 0 Å². The zero-order chi connectivity index (χ0) is 5.28. The fraction of sp³-hybridized carbons (Fsp3) is 0.750. The Morgan fingerprint density at radius 2 is 2.38 bits per heavy atom. The van der Waals surface area contributed by atoms with E-state index in [2.05, 4.69) is 4.52 Å². The standard InChI is InChI=1S/C3H5O3P.CH4/c1-7-5-2-3(4)6-7;/h2H2,1H3;1H4. The normalized spacial score (nSPS) is 26.6. The van der Waals surface area contributed by atoms with Gasteiger partial charge in [0.2, 0.25) is 8.38 Å². The van der Waals surface area contributed by atoms with E-state index in [1.165, 1.54) is 0 Å². The summed E-state index contributed by atoms with van der Waals surface area (Å²) in [5.74, 6) is -0.242. The van der Waals surface area contributed by atoms with Gasteiger partial charge in [0.15, 0.2) is 6.61 Å². The molecule has 0 saturated carbocycles. The van der Waals surface area contributed by atoms with Gasteiger partial charge in [-0.05, 0) is 0 Å². The fourth-order valence-corrected chi connectivity index (χ4v) is 1.02. The average molecular weight is 136 g/mol. The minimum atomic E-state index is -0.854. The summed E-state index contributed by atoms with van der Waals surface area (Å²) in [5.41, 5.74) is 0. The summed E-state index contributed by atoms with van der Waals surface area (Å²) in [6, 6.07) is 0. The van der Waals surface area contributed by atoms with E-state index in [-0.39, 0.29) is 20.0 Å². The summed E-state index contributed by atoms with van der Waals surface area (Å²) in [7, 11) is -0.854. The van der Waals surface area contributed by atoms with Crippen molar-refractivity contribution in [2.24, 2.45) is 0 Å². The molecule has 0 radical (unpaired) electrons. The maximum absolute atomic E-state index is 10.1. The quantitative estimate of drug-likeness (QED) is 0.468. The first-order valence-corrected chi connectivity index (χ1v) is 3.49. The number of carbonyl (C=O) groups excluding carboxylic acids is 1. The van der Waals surface area contributed by atoms with E-state index >= 15 is 0 Å². The van der Waals surface area contributed by atoms with Crippen molar-refractivity contribution < 1.29 is 13.8 Å². The molecule has 0 amide bonds. The molecule has 1 unspecified atom stereocenters. The van der Waals surface area contributed by atoms with Crippen LogP contribution in [0.4, 0.5) is 0 Å². The van der Waals surface area contributed by atoms with Crippen molar-refractivity contribution in [1.29, 1.82) is 0 Å². The van der Waals surface area contributed by atoms with E-state index in [0.29, 0.717) is 0 Å². The van der Waals surface area contributed by atoms with Crippen molar-refractivity contribution in [1.82, 2.24) is 0 Å². The second-order valence-electron chi connectivity index (χ2n) is 1.18. The molecule has 1 aliphatic heterocycles. The first kappa shape index (κ1) is 7.86. The highest BCUT2D eigenvalue weighted by Gasteiger charge is 2.19. The third kappa shape index (κ3) is 1.76. The van der Waals surface area contributed by atoms with Crippen LogP contribution < -0.4 is 0 Å². The maximum Gasteiger partial charge on any atom is 0.337 e. The van der Waals surface area contributed by atoms with Crippen LogP contribution >= 0.6 is 8.38 Å². The predicted octanol–water partition coefficient (Wildman–Crippen LogP) is 1.14. The van der Waals surface area contributed by atoms with E-state index in [1.807, 2.05) is 0 Å². The lowest BCUT2D eigenvalue weighted by Crippen LogP contribution is -1.94. The van der Waals surface area contributed by atoms with Crippen molar-refractivity contribution in [2.45, 2.75) is 7.43 Å². The number of hydrogen-bond donors (Lipinski definition) is 0. The molecule has 3 nitrogen and oxygen atoms in total. The molecule has 8 heavy (non-hydrogen) atoms. The van der Waals surface area contributed by atoms with Crippen molar-refractivity contribution in [3.8, 4) is 0 Å². The molecule has 1 aliphatic rings. The lowest BCUT2D eigenvalue weighted by Gasteiger charge is -1.92. The Balaban J connectivity index is 0.000000490. The highest BCUT2D eigenvalue weighted by atomic mass is 31.2. The van der Waals surface area contributed by atoms with Crippen LogP contribution in [0.5, 0.6) is 0 Å². The van der Waals surface area contributed by atoms with Gasteiger partial charge >= 0.3 is 5.97 Å². The highest BCUT2D eigenvalue weighted by Crippen LogP contribution is 2.38. The zero-order valence-electron chi connectivity index (χ0n) is 3.88. The Labute approximate surface area is 49.9 Å². The molecule has 1 heterocycles. The first-order valence-electron chi connectivity index (χ1n) is 1.86. The minimum Gasteiger partial charge on any atom is -0.415 e. The summed E-state index contributed by atoms with van der Waals surface area (Å²) in [6.45, 7) is 1.89. The largest absolute Gasteiger partial charge is 0.415 e. The topological polar surface area (TPSA) is 35.5 Å². The van der Waals surface area contributed by atoms with Crippen molar-refractivity contribution >= 4 is 14.3 Å². The SMILES string of the molecule is C.CP1OCC(=O)O1. The van der Waals surface area contributed by atoms with Gasteiger partial charge in [0.1, 0.15) is 0 Å². The van der Waals surface area contributed by atoms with Gasteiger partial charge in [-0.25, -0.2) is 4.79 Å². The van der Waals surface area contributed by atoms with Crippen LogP contribution in [0.3, 0.4) is 0 Å². The first-order chi connectivity index (χ1) is 3.29. The van der Waals surface area contributed by atoms with Crippen LogP contribution in [0.2, 0.25) is 0 Å². The fourth-order valence-electron chi connectivity index (χ4n) is 0.340. The van der Waals surface area contributed by atoms with E-state index in [9.17, 15) is 4.79 Å². The summed E-state index contributed by atoms with van der Waals surface area (Å²) in [4.78, 5) is 10.1. The van der Waals surface area contributed by atoms with Gasteiger partial charge < -0.3 is 9.05 Å². The molecule has 0 aromatic carbocycles. The molecule has 0 spiro atoms. The third-order valence-corrected chi connectivity index (χ3v) is 1.55. The van der Waals surface area contributed by atoms with Crippen LogP contribution in [-0.2, 0) is 13.8 Å². The van der Waals surface area contributed by atoms with Gasteiger partial charge in [-0.2, -0.15) is 0 Å². The Bertz CT molecular complexity index is 93.3. The predicted molar refractivity (Wildman–Crippen MR) is 31.6 cm³/mol. The number of carbonyl (C=O) groups is 1. The van der Waals surface area contributed by atoms with Crippen molar-refractivity contribution in [3.63, 3.8) is 0 Å². The summed E-state index contributed by atoms with van der Waals surface area (Å²) in [5, 5.41) is 0. The molecular formula is C4H9O3P. The van der Waals surface area contributed by atoms with Gasteiger partial charge in [-0.15, -0.1) is 0 Å². The van der Waals surface area contributed by atoms with E-state index < -0.39 is 8.38 Å². The zero-order valence-corrected chi connectivity index (χ0v) is 4.77. The van der Waals surface area contributed by atoms with E-state index in [4.69, 9.17) is 4.52 Å². The highest BCUT2D eigenvalue weighted by molar-refractivity contribution is 7.47. The molecule has 0 aliphatic carbocycles. The molecule has 0 N–H and O–H groups in total. The van der Waals surface area contributed by atoms with Crippen molar-refractivity contribution in [2.75, 3.05) is 13.3 Å². The Morgan fingerprint density at radius 3 is 2.50 bits per heavy atom. The number of hydrogen-bond acceptors (Lipinski definition) is 3. The van der Waals surface area contributed by atoms with Crippen LogP contribution in [0.15, 0.2) is 0 Å². The van der Waals surface area contributed by atoms with Gasteiger partial charge in [0, 0.05) is 6.66 Å². The Hall–Kier alpha value is -0.140. The minimum absolute atomic E-state index is 0. The van der Waals surface area contributed by atoms with Gasteiger partial charge in [-0.3, -0.25) is 0 Å². The summed E-state index contributed by atoms with van der Waals surface area (Å²) in [6.07, 6.45) is 0. The molecule has 1 fully saturated rings. The number of rotatable bonds is 0. The van der Waals surface area contributed by atoms with Gasteiger partial charge in [0.25, 0.3) is 0 Å². The van der Waals surface area contributed by atoms with Crippen molar-refractivity contribution in [3.05, 3.63) is 0 Å². The molecule has 4 heteroatoms. The lowest BCUT2D eigenvalue weighted by atomic mass is 10.8. The Morgan fingerprint density at radius 1 is 1.75 bits per heavy atom. The lowest BCUT2D eigenvalue weighted by molar-refractivity contribution is -0.131. The van der Waals surface area contributed by atoms with E-state index in [1.54, 1.807) is 6.66 Å². The molecular weight excluding hydrogens is 127 g/mol. The van der Waals surface area contributed by atoms with Crippen LogP contribution in [0.1, 0.15) is 7.43 Å². The molecule has 1 saturated heterocycles. The van der Waals surface area contributed by atoms with E-state index in [0.717, 1.165) is 0 Å². The summed E-state index contributed by atoms with van der Waals surface area (Å²) < 4.78 is 9.32. The molecule has 1 atom stereocenters. The van der Waals surface area contributed by atoms with Gasteiger partial charge in [0.05, 0.1) is 0 Å². The second kappa shape index (κ2) is 3.00. The molecule has 0 aromatic heterocycles. The monoisotopic (exact) mass is 136 g/mol. The molecule has 0 aromatic rings. The molecule has 0 bridgehead atoms. The summed E-state index contributed by atoms with van der Waals surface area (Å²) >= 11 is 0.